The maximum atomic E-state index is 14.0. The quantitative estimate of drug-likeness (QED) is 0.255. The third-order valence-electron chi connectivity index (χ3n) is 7.70. The number of benzene rings is 3. The zero-order chi connectivity index (χ0) is 30.6. The number of anilines is 2. The van der Waals surface area contributed by atoms with Crippen molar-refractivity contribution in [3.63, 3.8) is 0 Å². The molecule has 0 bridgehead atoms. The molecule has 43 heavy (non-hydrogen) atoms. The van der Waals surface area contributed by atoms with E-state index in [4.69, 9.17) is 11.6 Å². The average molecular weight is 636 g/mol. The van der Waals surface area contributed by atoms with Crippen LogP contribution in [0.4, 0.5) is 15.8 Å². The van der Waals surface area contributed by atoms with Gasteiger partial charge in [-0.3, -0.25) is 23.7 Å². The summed E-state index contributed by atoms with van der Waals surface area (Å²) in [6.07, 6.45) is 0. The molecule has 1 aromatic heterocycles. The first-order chi connectivity index (χ1) is 20.4. The summed E-state index contributed by atoms with van der Waals surface area (Å²) >= 11 is 8.07. The molecule has 6 rings (SSSR count). The topological polar surface area (TPSA) is 88.5 Å². The number of thiazole rings is 1. The van der Waals surface area contributed by atoms with Gasteiger partial charge < -0.3 is 5.32 Å². The van der Waals surface area contributed by atoms with Gasteiger partial charge in [0.05, 0.1) is 16.6 Å². The highest BCUT2D eigenvalue weighted by atomic mass is 35.5. The molecule has 220 valence electrons. The van der Waals surface area contributed by atoms with Gasteiger partial charge in [0, 0.05) is 21.5 Å². The second-order valence-corrected chi connectivity index (χ2v) is 14.1. The van der Waals surface area contributed by atoms with E-state index in [2.05, 4.69) is 26.1 Å². The number of thioether (sulfide) groups is 1. The molecule has 4 aromatic rings. The van der Waals surface area contributed by atoms with Crippen LogP contribution in [0.3, 0.4) is 0 Å². The molecule has 3 aromatic carbocycles. The number of aromatic nitrogens is 1. The Hall–Kier alpha value is -3.73. The number of imide groups is 1. The van der Waals surface area contributed by atoms with E-state index in [-0.39, 0.29) is 22.5 Å². The highest BCUT2D eigenvalue weighted by Gasteiger charge is 2.56. The maximum absolute atomic E-state index is 14.0. The zero-order valence-electron chi connectivity index (χ0n) is 23.5. The Morgan fingerprint density at radius 3 is 2.21 bits per heavy atom. The first kappa shape index (κ1) is 29.3. The minimum absolute atomic E-state index is 0.0985. The fourth-order valence-corrected chi connectivity index (χ4v) is 8.43. The molecule has 7 nitrogen and oxygen atoms in total. The van der Waals surface area contributed by atoms with E-state index in [1.54, 1.807) is 24.3 Å². The highest BCUT2D eigenvalue weighted by Crippen LogP contribution is 2.54. The normalized spacial score (nSPS) is 19.7. The number of rotatable bonds is 5. The van der Waals surface area contributed by atoms with Gasteiger partial charge in [-0.2, -0.15) is 0 Å². The molecule has 11 heteroatoms. The van der Waals surface area contributed by atoms with Crippen LogP contribution in [-0.2, 0) is 26.3 Å². The van der Waals surface area contributed by atoms with Crippen LogP contribution in [0.15, 0.2) is 82.6 Å². The molecule has 1 fully saturated rings. The van der Waals surface area contributed by atoms with Crippen LogP contribution in [0.5, 0.6) is 0 Å². The summed E-state index contributed by atoms with van der Waals surface area (Å²) in [5.41, 5.74) is 2.62. The summed E-state index contributed by atoms with van der Waals surface area (Å²) in [5.74, 6) is -3.11. The summed E-state index contributed by atoms with van der Waals surface area (Å²) < 4.78 is 15.1. The molecule has 0 saturated carbocycles. The van der Waals surface area contributed by atoms with Crippen LogP contribution in [0.25, 0.3) is 0 Å². The predicted octanol–water partition coefficient (Wildman–Crippen LogP) is 6.43. The molecule has 1 N–H and O–H groups in total. The Bertz CT molecular complexity index is 1790. The van der Waals surface area contributed by atoms with Gasteiger partial charge in [-0.05, 0) is 65.1 Å². The lowest BCUT2D eigenvalue weighted by Crippen LogP contribution is -2.33. The van der Waals surface area contributed by atoms with E-state index in [1.807, 2.05) is 24.3 Å². The second kappa shape index (κ2) is 11.1. The van der Waals surface area contributed by atoms with Gasteiger partial charge in [-0.1, -0.05) is 79.7 Å². The Balaban J connectivity index is 1.41. The number of nitrogens with zero attached hydrogens (tertiary/aromatic N) is 2. The molecule has 0 aliphatic carbocycles. The molecule has 3 atom stereocenters. The van der Waals surface area contributed by atoms with Gasteiger partial charge in [-0.25, -0.2) is 9.29 Å². The average Bonchev–Trinajstić information content (AvgIpc) is 3.40. The van der Waals surface area contributed by atoms with Crippen molar-refractivity contribution in [3.05, 3.63) is 109 Å². The molecule has 2 aliphatic rings. The maximum Gasteiger partial charge on any atom is 0.308 e. The molecule has 0 spiro atoms. The molecule has 3 heterocycles. The zero-order valence-corrected chi connectivity index (χ0v) is 25.9. The SMILES string of the molecule is CC(C)(C)c1ccc(C2c3sc(=O)n(CC(=O)Nc4ccc(Cl)cc4)c3SC3C(=O)N(c4ccc(F)cc4)C(=O)C32)cc1. The van der Waals surface area contributed by atoms with Crippen LogP contribution < -0.4 is 15.1 Å². The summed E-state index contributed by atoms with van der Waals surface area (Å²) in [7, 11) is 0. The minimum atomic E-state index is -0.836. The highest BCUT2D eigenvalue weighted by molar-refractivity contribution is 8.00. The summed E-state index contributed by atoms with van der Waals surface area (Å²) in [6.45, 7) is 6.05. The third-order valence-corrected chi connectivity index (χ3v) is 10.6. The Kier molecular flexibility index (Phi) is 7.56. The fraction of sp³-hybridized carbons (Fsp3) is 0.250. The number of halogens is 2. The predicted molar refractivity (Wildman–Crippen MR) is 168 cm³/mol. The molecule has 3 unspecified atom stereocenters. The standard InChI is InChI=1S/C32H27ClFN3O4S2/c1-32(2,3)18-6-4-17(5-7-18)24-25-26(29(40)37(28(25)39)22-14-10-20(34)11-15-22)42-30-27(24)43-31(41)36(30)16-23(38)35-21-12-8-19(33)9-13-21/h4-15,24-26H,16H2,1-3H3,(H,35,38). The van der Waals surface area contributed by atoms with E-state index in [9.17, 15) is 23.6 Å². The van der Waals surface area contributed by atoms with Gasteiger partial charge in [0.2, 0.25) is 17.7 Å². The van der Waals surface area contributed by atoms with Crippen molar-refractivity contribution < 1.29 is 18.8 Å². The second-order valence-electron chi connectivity index (χ2n) is 11.6. The van der Waals surface area contributed by atoms with E-state index in [0.29, 0.717) is 20.6 Å². The van der Waals surface area contributed by atoms with E-state index >= 15 is 0 Å². The first-order valence-corrected chi connectivity index (χ1v) is 15.7. The Morgan fingerprint density at radius 2 is 1.58 bits per heavy atom. The number of carbonyl (C=O) groups is 3. The van der Waals surface area contributed by atoms with Gasteiger partial charge in [0.25, 0.3) is 0 Å². The lowest BCUT2D eigenvalue weighted by molar-refractivity contribution is -0.122. The fourth-order valence-electron chi connectivity index (χ4n) is 5.53. The number of hydrogen-bond acceptors (Lipinski definition) is 6. The number of hydrogen-bond donors (Lipinski definition) is 1. The van der Waals surface area contributed by atoms with E-state index < -0.39 is 40.6 Å². The van der Waals surface area contributed by atoms with Crippen molar-refractivity contribution in [3.8, 4) is 0 Å². The van der Waals surface area contributed by atoms with Crippen molar-refractivity contribution in [2.24, 2.45) is 5.92 Å². The smallest absolute Gasteiger partial charge is 0.308 e. The molecule has 1 saturated heterocycles. The molecular formula is C32H27ClFN3O4S2. The minimum Gasteiger partial charge on any atom is -0.325 e. The number of fused-ring (bicyclic) bond motifs is 2. The van der Waals surface area contributed by atoms with Crippen molar-refractivity contribution in [2.45, 2.75) is 48.9 Å². The van der Waals surface area contributed by atoms with E-state index in [1.165, 1.54) is 28.8 Å². The summed E-state index contributed by atoms with van der Waals surface area (Å²) in [6, 6.07) is 19.8. The van der Waals surface area contributed by atoms with Gasteiger partial charge in [0.15, 0.2) is 0 Å². The molecule has 3 amide bonds. The lowest BCUT2D eigenvalue weighted by Gasteiger charge is -2.31. The lowest BCUT2D eigenvalue weighted by atomic mass is 9.81. The Labute approximate surface area is 260 Å². The number of nitrogens with one attached hydrogen (secondary N) is 1. The van der Waals surface area contributed by atoms with E-state index in [0.717, 1.165) is 39.1 Å². The molecular weight excluding hydrogens is 609 g/mol. The summed E-state index contributed by atoms with van der Waals surface area (Å²) in [4.78, 5) is 55.6. The van der Waals surface area contributed by atoms with Crippen molar-refractivity contribution in [1.82, 2.24) is 4.57 Å². The van der Waals surface area contributed by atoms with Crippen LogP contribution in [0.1, 0.15) is 42.7 Å². The third kappa shape index (κ3) is 5.43. The van der Waals surface area contributed by atoms with Crippen LogP contribution in [0.2, 0.25) is 5.02 Å². The van der Waals surface area contributed by atoms with Gasteiger partial charge >= 0.3 is 4.87 Å². The Morgan fingerprint density at radius 1 is 0.930 bits per heavy atom. The van der Waals surface area contributed by atoms with Crippen molar-refractivity contribution >= 4 is 63.8 Å². The van der Waals surface area contributed by atoms with Crippen LogP contribution >= 0.6 is 34.7 Å². The van der Waals surface area contributed by atoms with Crippen LogP contribution in [-0.4, -0.2) is 27.5 Å². The van der Waals surface area contributed by atoms with Gasteiger partial charge in [0.1, 0.15) is 17.6 Å². The first-order valence-electron chi connectivity index (χ1n) is 13.6. The molecule has 2 aliphatic heterocycles. The van der Waals surface area contributed by atoms with Crippen LogP contribution in [0, 0.1) is 11.7 Å². The van der Waals surface area contributed by atoms with Crippen molar-refractivity contribution in [1.29, 1.82) is 0 Å². The molecule has 0 radical (unpaired) electrons. The largest absolute Gasteiger partial charge is 0.325 e. The summed E-state index contributed by atoms with van der Waals surface area (Å²) in [5, 5.41) is 2.96. The number of carbonyl (C=O) groups excluding carboxylic acids is 3. The monoisotopic (exact) mass is 635 g/mol. The number of amides is 3. The van der Waals surface area contributed by atoms with Gasteiger partial charge in [-0.15, -0.1) is 0 Å². The van der Waals surface area contributed by atoms with Crippen molar-refractivity contribution in [2.75, 3.05) is 10.2 Å².